The quantitative estimate of drug-likeness (QED) is 0.907. The van der Waals surface area contributed by atoms with Crippen LogP contribution >= 0.6 is 11.6 Å². The van der Waals surface area contributed by atoms with Gasteiger partial charge in [0.05, 0.1) is 16.6 Å². The maximum atomic E-state index is 12.5. The second kappa shape index (κ2) is 6.67. The molecule has 4 nitrogen and oxygen atoms in total. The molecule has 1 aromatic carbocycles. The van der Waals surface area contributed by atoms with Crippen molar-refractivity contribution < 1.29 is 4.79 Å². The van der Waals surface area contributed by atoms with E-state index in [1.54, 1.807) is 0 Å². The van der Waals surface area contributed by atoms with E-state index in [-0.39, 0.29) is 5.92 Å². The minimum Gasteiger partial charge on any atom is -0.367 e. The van der Waals surface area contributed by atoms with E-state index in [0.717, 1.165) is 62.8 Å². The van der Waals surface area contributed by atoms with Crippen LogP contribution in [0.3, 0.4) is 0 Å². The molecular formula is C16H22ClN3O. The zero-order valence-electron chi connectivity index (χ0n) is 12.2. The van der Waals surface area contributed by atoms with E-state index < -0.39 is 0 Å². The highest BCUT2D eigenvalue weighted by Gasteiger charge is 2.28. The SMILES string of the molecule is O=C([C@@H]1CCCNC1)N1CCN(c2ccccc2Cl)CC1. The molecule has 0 spiro atoms. The molecule has 1 atom stereocenters. The Hall–Kier alpha value is -1.26. The van der Waals surface area contributed by atoms with E-state index in [9.17, 15) is 4.79 Å². The lowest BCUT2D eigenvalue weighted by Gasteiger charge is -2.38. The normalized spacial score (nSPS) is 23.2. The molecule has 2 saturated heterocycles. The number of nitrogens with zero attached hydrogens (tertiary/aromatic N) is 2. The highest BCUT2D eigenvalue weighted by Crippen LogP contribution is 2.26. The van der Waals surface area contributed by atoms with E-state index in [4.69, 9.17) is 11.6 Å². The summed E-state index contributed by atoms with van der Waals surface area (Å²) in [5, 5.41) is 4.11. The Labute approximate surface area is 131 Å². The fourth-order valence-electron chi connectivity index (χ4n) is 3.20. The average Bonchev–Trinajstić information content (AvgIpc) is 2.56. The average molecular weight is 308 g/mol. The van der Waals surface area contributed by atoms with Crippen molar-refractivity contribution in [2.24, 2.45) is 5.92 Å². The van der Waals surface area contributed by atoms with Gasteiger partial charge in [-0.1, -0.05) is 23.7 Å². The lowest BCUT2D eigenvalue weighted by molar-refractivity contribution is -0.136. The summed E-state index contributed by atoms with van der Waals surface area (Å²) in [5.41, 5.74) is 1.07. The van der Waals surface area contributed by atoms with E-state index in [2.05, 4.69) is 10.2 Å². The Balaban J connectivity index is 1.57. The second-order valence-electron chi connectivity index (χ2n) is 5.81. The van der Waals surface area contributed by atoms with Gasteiger partial charge in [-0.3, -0.25) is 4.79 Å². The number of anilines is 1. The predicted molar refractivity (Wildman–Crippen MR) is 85.8 cm³/mol. The number of hydrogen-bond acceptors (Lipinski definition) is 3. The number of benzene rings is 1. The van der Waals surface area contributed by atoms with Gasteiger partial charge in [0.2, 0.25) is 5.91 Å². The predicted octanol–water partition coefficient (Wildman–Crippen LogP) is 1.99. The fourth-order valence-corrected chi connectivity index (χ4v) is 3.45. The van der Waals surface area contributed by atoms with Gasteiger partial charge in [-0.15, -0.1) is 0 Å². The van der Waals surface area contributed by atoms with Crippen LogP contribution in [0.5, 0.6) is 0 Å². The molecule has 0 bridgehead atoms. The fraction of sp³-hybridized carbons (Fsp3) is 0.562. The molecule has 2 heterocycles. The number of carbonyl (C=O) groups is 1. The van der Waals surface area contributed by atoms with Crippen molar-refractivity contribution in [2.75, 3.05) is 44.2 Å². The Morgan fingerprint density at radius 1 is 1.19 bits per heavy atom. The summed E-state index contributed by atoms with van der Waals surface area (Å²) in [6.07, 6.45) is 2.13. The Bertz CT molecular complexity index is 494. The molecular weight excluding hydrogens is 286 g/mol. The number of rotatable bonds is 2. The van der Waals surface area contributed by atoms with Gasteiger partial charge in [-0.25, -0.2) is 0 Å². The maximum absolute atomic E-state index is 12.5. The van der Waals surface area contributed by atoms with Gasteiger partial charge in [0.1, 0.15) is 0 Å². The van der Waals surface area contributed by atoms with Crippen LogP contribution in [0.2, 0.25) is 5.02 Å². The Morgan fingerprint density at radius 3 is 2.62 bits per heavy atom. The van der Waals surface area contributed by atoms with Gasteiger partial charge in [0.15, 0.2) is 0 Å². The standard InChI is InChI=1S/C16H22ClN3O/c17-14-5-1-2-6-15(14)19-8-10-20(11-9-19)16(21)13-4-3-7-18-12-13/h1-2,5-6,13,18H,3-4,7-12H2/t13-/m1/s1. The van der Waals surface area contributed by atoms with Gasteiger partial charge in [0.25, 0.3) is 0 Å². The van der Waals surface area contributed by atoms with Gasteiger partial charge in [-0.05, 0) is 31.5 Å². The van der Waals surface area contributed by atoms with E-state index >= 15 is 0 Å². The van der Waals surface area contributed by atoms with Crippen molar-refractivity contribution >= 4 is 23.2 Å². The van der Waals surface area contributed by atoms with E-state index in [1.807, 2.05) is 29.2 Å². The van der Waals surface area contributed by atoms with Crippen LogP contribution in [0.1, 0.15) is 12.8 Å². The number of amides is 1. The lowest BCUT2D eigenvalue weighted by Crippen LogP contribution is -2.52. The van der Waals surface area contributed by atoms with Crippen molar-refractivity contribution in [3.05, 3.63) is 29.3 Å². The van der Waals surface area contributed by atoms with E-state index in [1.165, 1.54) is 0 Å². The van der Waals surface area contributed by atoms with Crippen LogP contribution < -0.4 is 10.2 Å². The first-order valence-electron chi connectivity index (χ1n) is 7.74. The van der Waals surface area contributed by atoms with Gasteiger partial charge in [-0.2, -0.15) is 0 Å². The molecule has 1 aromatic rings. The van der Waals surface area contributed by atoms with Crippen LogP contribution in [-0.2, 0) is 4.79 Å². The molecule has 2 aliphatic heterocycles. The molecule has 2 aliphatic rings. The van der Waals surface area contributed by atoms with E-state index in [0.29, 0.717) is 5.91 Å². The number of carbonyl (C=O) groups excluding carboxylic acids is 1. The van der Waals surface area contributed by atoms with Crippen molar-refractivity contribution in [1.29, 1.82) is 0 Å². The topological polar surface area (TPSA) is 35.6 Å². The highest BCUT2D eigenvalue weighted by molar-refractivity contribution is 6.33. The third kappa shape index (κ3) is 3.33. The number of para-hydroxylation sites is 1. The second-order valence-corrected chi connectivity index (χ2v) is 6.21. The molecule has 1 amide bonds. The summed E-state index contributed by atoms with van der Waals surface area (Å²) in [6, 6.07) is 7.92. The molecule has 3 rings (SSSR count). The van der Waals surface area contributed by atoms with Gasteiger partial charge >= 0.3 is 0 Å². The molecule has 0 aliphatic carbocycles. The summed E-state index contributed by atoms with van der Waals surface area (Å²) in [6.45, 7) is 5.18. The summed E-state index contributed by atoms with van der Waals surface area (Å²) < 4.78 is 0. The molecule has 0 unspecified atom stereocenters. The van der Waals surface area contributed by atoms with Crippen molar-refractivity contribution in [3.63, 3.8) is 0 Å². The monoisotopic (exact) mass is 307 g/mol. The van der Waals surface area contributed by atoms with Crippen molar-refractivity contribution in [2.45, 2.75) is 12.8 Å². The zero-order valence-corrected chi connectivity index (χ0v) is 13.0. The van der Waals surface area contributed by atoms with Gasteiger partial charge in [0, 0.05) is 32.7 Å². The third-order valence-corrected chi connectivity index (χ3v) is 4.75. The Kier molecular flexibility index (Phi) is 4.66. The van der Waals surface area contributed by atoms with Gasteiger partial charge < -0.3 is 15.1 Å². The van der Waals surface area contributed by atoms with Crippen LogP contribution in [0.25, 0.3) is 0 Å². The smallest absolute Gasteiger partial charge is 0.227 e. The van der Waals surface area contributed by atoms with Crippen LogP contribution in [0.4, 0.5) is 5.69 Å². The van der Waals surface area contributed by atoms with Crippen molar-refractivity contribution in [1.82, 2.24) is 10.2 Å². The third-order valence-electron chi connectivity index (χ3n) is 4.43. The molecule has 0 radical (unpaired) electrons. The summed E-state index contributed by atoms with van der Waals surface area (Å²) in [4.78, 5) is 16.8. The summed E-state index contributed by atoms with van der Waals surface area (Å²) in [7, 11) is 0. The highest BCUT2D eigenvalue weighted by atomic mass is 35.5. The first-order chi connectivity index (χ1) is 10.3. The molecule has 2 fully saturated rings. The molecule has 1 N–H and O–H groups in total. The zero-order chi connectivity index (χ0) is 14.7. The number of hydrogen-bond donors (Lipinski definition) is 1. The van der Waals surface area contributed by atoms with Crippen LogP contribution in [-0.4, -0.2) is 50.1 Å². The number of piperazine rings is 1. The maximum Gasteiger partial charge on any atom is 0.227 e. The van der Waals surface area contributed by atoms with Crippen LogP contribution in [0.15, 0.2) is 24.3 Å². The minimum absolute atomic E-state index is 0.172. The number of halogens is 1. The largest absolute Gasteiger partial charge is 0.367 e. The first kappa shape index (κ1) is 14.7. The summed E-state index contributed by atoms with van der Waals surface area (Å²) >= 11 is 6.25. The molecule has 0 saturated carbocycles. The molecule has 21 heavy (non-hydrogen) atoms. The molecule has 0 aromatic heterocycles. The number of piperidine rings is 1. The Morgan fingerprint density at radius 2 is 1.95 bits per heavy atom. The summed E-state index contributed by atoms with van der Waals surface area (Å²) in [5.74, 6) is 0.492. The lowest BCUT2D eigenvalue weighted by atomic mass is 9.98. The minimum atomic E-state index is 0.172. The molecule has 114 valence electrons. The molecule has 5 heteroatoms. The van der Waals surface area contributed by atoms with Crippen LogP contribution in [0, 0.1) is 5.92 Å². The number of nitrogens with one attached hydrogen (secondary N) is 1. The van der Waals surface area contributed by atoms with Crippen molar-refractivity contribution in [3.8, 4) is 0 Å². The first-order valence-corrected chi connectivity index (χ1v) is 8.12.